The molecule has 0 aromatic rings. The summed E-state index contributed by atoms with van der Waals surface area (Å²) >= 11 is 0. The SMILES string of the molecule is CCCCCOC(=O)CCCCCNC(=O)OCC(C)(C)C. The van der Waals surface area contributed by atoms with E-state index >= 15 is 0 Å². The zero-order valence-electron chi connectivity index (χ0n) is 14.7. The second-order valence-corrected chi connectivity index (χ2v) is 6.80. The molecule has 130 valence electrons. The van der Waals surface area contributed by atoms with Gasteiger partial charge in [-0.2, -0.15) is 0 Å². The third-order valence-electron chi connectivity index (χ3n) is 2.97. The lowest BCUT2D eigenvalue weighted by molar-refractivity contribution is -0.143. The van der Waals surface area contributed by atoms with E-state index in [9.17, 15) is 9.59 Å². The Morgan fingerprint density at radius 3 is 2.32 bits per heavy atom. The molecule has 0 bridgehead atoms. The highest BCUT2D eigenvalue weighted by atomic mass is 16.5. The summed E-state index contributed by atoms with van der Waals surface area (Å²) in [6.07, 6.45) is 5.80. The van der Waals surface area contributed by atoms with E-state index in [-0.39, 0.29) is 17.5 Å². The van der Waals surface area contributed by atoms with Crippen molar-refractivity contribution in [1.29, 1.82) is 0 Å². The van der Waals surface area contributed by atoms with Gasteiger partial charge in [0.2, 0.25) is 0 Å². The maximum Gasteiger partial charge on any atom is 0.407 e. The van der Waals surface area contributed by atoms with Crippen molar-refractivity contribution >= 4 is 12.1 Å². The third-order valence-corrected chi connectivity index (χ3v) is 2.97. The lowest BCUT2D eigenvalue weighted by atomic mass is 9.99. The van der Waals surface area contributed by atoms with Gasteiger partial charge >= 0.3 is 12.1 Å². The van der Waals surface area contributed by atoms with Crippen molar-refractivity contribution in [2.45, 2.75) is 72.6 Å². The molecule has 0 spiro atoms. The van der Waals surface area contributed by atoms with E-state index in [4.69, 9.17) is 9.47 Å². The quantitative estimate of drug-likeness (QED) is 0.461. The Hall–Kier alpha value is -1.26. The van der Waals surface area contributed by atoms with Crippen LogP contribution in [0.25, 0.3) is 0 Å². The van der Waals surface area contributed by atoms with E-state index in [1.165, 1.54) is 0 Å². The molecule has 0 saturated carbocycles. The van der Waals surface area contributed by atoms with Crippen LogP contribution in [0.4, 0.5) is 4.79 Å². The van der Waals surface area contributed by atoms with Crippen molar-refractivity contribution in [3.05, 3.63) is 0 Å². The van der Waals surface area contributed by atoms with Crippen LogP contribution < -0.4 is 5.32 Å². The van der Waals surface area contributed by atoms with E-state index in [1.54, 1.807) is 0 Å². The predicted molar refractivity (Wildman–Crippen MR) is 87.8 cm³/mol. The molecule has 1 amide bonds. The number of rotatable bonds is 11. The Bertz CT molecular complexity index is 310. The lowest BCUT2D eigenvalue weighted by Gasteiger charge is -2.17. The Kier molecular flexibility index (Phi) is 11.6. The molecule has 0 aliphatic carbocycles. The number of amides is 1. The number of esters is 1. The molecular formula is C17H33NO4. The molecule has 5 heteroatoms. The standard InChI is InChI=1S/C17H33NO4/c1-5-6-10-13-21-15(19)11-8-7-9-12-18-16(20)22-14-17(2,3)4/h5-14H2,1-4H3,(H,18,20). The van der Waals surface area contributed by atoms with Gasteiger partial charge in [0.1, 0.15) is 0 Å². The van der Waals surface area contributed by atoms with Crippen molar-refractivity contribution in [2.75, 3.05) is 19.8 Å². The highest BCUT2D eigenvalue weighted by Crippen LogP contribution is 2.12. The van der Waals surface area contributed by atoms with Crippen LogP contribution in [0.5, 0.6) is 0 Å². The fraction of sp³-hybridized carbons (Fsp3) is 0.882. The number of unbranched alkanes of at least 4 members (excludes halogenated alkanes) is 4. The maximum atomic E-state index is 11.4. The van der Waals surface area contributed by atoms with Gasteiger partial charge in [-0.3, -0.25) is 4.79 Å². The molecular weight excluding hydrogens is 282 g/mol. The van der Waals surface area contributed by atoms with Gasteiger partial charge in [0, 0.05) is 13.0 Å². The molecule has 0 radical (unpaired) electrons. The van der Waals surface area contributed by atoms with Crippen molar-refractivity contribution < 1.29 is 19.1 Å². The van der Waals surface area contributed by atoms with Crippen molar-refractivity contribution in [2.24, 2.45) is 5.41 Å². The zero-order chi connectivity index (χ0) is 16.8. The van der Waals surface area contributed by atoms with Gasteiger partial charge in [-0.15, -0.1) is 0 Å². The van der Waals surface area contributed by atoms with E-state index in [2.05, 4.69) is 12.2 Å². The molecule has 0 aliphatic rings. The molecule has 0 rings (SSSR count). The van der Waals surface area contributed by atoms with E-state index in [0.717, 1.165) is 38.5 Å². The number of alkyl carbamates (subject to hydrolysis) is 1. The topological polar surface area (TPSA) is 64.6 Å². The Labute approximate surface area is 135 Å². The molecule has 0 aliphatic heterocycles. The molecule has 0 heterocycles. The minimum Gasteiger partial charge on any atom is -0.466 e. The Balaban J connectivity index is 3.39. The number of nitrogens with one attached hydrogen (secondary N) is 1. The Morgan fingerprint density at radius 2 is 1.68 bits per heavy atom. The number of hydrogen-bond acceptors (Lipinski definition) is 4. The first-order valence-corrected chi connectivity index (χ1v) is 8.41. The van der Waals surface area contributed by atoms with Crippen molar-refractivity contribution in [1.82, 2.24) is 5.32 Å². The molecule has 0 atom stereocenters. The lowest BCUT2D eigenvalue weighted by Crippen LogP contribution is -2.28. The van der Waals surface area contributed by atoms with Gasteiger partial charge in [0.25, 0.3) is 0 Å². The minimum absolute atomic E-state index is 0.0190. The number of hydrogen-bond donors (Lipinski definition) is 1. The predicted octanol–water partition coefficient (Wildman–Crippen LogP) is 4.05. The minimum atomic E-state index is -0.370. The maximum absolute atomic E-state index is 11.4. The average molecular weight is 315 g/mol. The summed E-state index contributed by atoms with van der Waals surface area (Å²) in [6.45, 7) is 9.69. The fourth-order valence-electron chi connectivity index (χ4n) is 1.70. The summed E-state index contributed by atoms with van der Waals surface area (Å²) in [6, 6.07) is 0. The monoisotopic (exact) mass is 315 g/mol. The first kappa shape index (κ1) is 20.7. The highest BCUT2D eigenvalue weighted by Gasteiger charge is 2.13. The van der Waals surface area contributed by atoms with Gasteiger partial charge in [0.05, 0.1) is 13.2 Å². The van der Waals surface area contributed by atoms with Crippen LogP contribution in [-0.2, 0) is 14.3 Å². The number of carbonyl (C=O) groups excluding carboxylic acids is 2. The van der Waals surface area contributed by atoms with Crippen LogP contribution >= 0.6 is 0 Å². The second-order valence-electron chi connectivity index (χ2n) is 6.80. The third kappa shape index (κ3) is 15.1. The molecule has 0 saturated heterocycles. The molecule has 22 heavy (non-hydrogen) atoms. The van der Waals surface area contributed by atoms with Gasteiger partial charge in [0.15, 0.2) is 0 Å². The van der Waals surface area contributed by atoms with Crippen molar-refractivity contribution in [3.8, 4) is 0 Å². The molecule has 1 N–H and O–H groups in total. The molecule has 0 unspecified atom stereocenters. The average Bonchev–Trinajstić information content (AvgIpc) is 2.44. The largest absolute Gasteiger partial charge is 0.466 e. The van der Waals surface area contributed by atoms with Crippen LogP contribution in [0.15, 0.2) is 0 Å². The molecule has 5 nitrogen and oxygen atoms in total. The Morgan fingerprint density at radius 1 is 0.955 bits per heavy atom. The summed E-state index contributed by atoms with van der Waals surface area (Å²) in [5.41, 5.74) is -0.0190. The van der Waals surface area contributed by atoms with E-state index in [1.807, 2.05) is 20.8 Å². The zero-order valence-corrected chi connectivity index (χ0v) is 14.7. The van der Waals surface area contributed by atoms with Gasteiger partial charge in [-0.05, 0) is 24.7 Å². The van der Waals surface area contributed by atoms with Crippen LogP contribution in [0.2, 0.25) is 0 Å². The summed E-state index contributed by atoms with van der Waals surface area (Å²) < 4.78 is 10.2. The van der Waals surface area contributed by atoms with Crippen LogP contribution in [-0.4, -0.2) is 31.8 Å². The van der Waals surface area contributed by atoms with Crippen LogP contribution in [0.1, 0.15) is 72.6 Å². The molecule has 0 aromatic carbocycles. The first-order valence-electron chi connectivity index (χ1n) is 8.41. The number of ether oxygens (including phenoxy) is 2. The summed E-state index contributed by atoms with van der Waals surface area (Å²) in [4.78, 5) is 22.8. The fourth-order valence-corrected chi connectivity index (χ4v) is 1.70. The number of carbonyl (C=O) groups is 2. The summed E-state index contributed by atoms with van der Waals surface area (Å²) in [7, 11) is 0. The normalized spacial score (nSPS) is 11.1. The molecule has 0 aromatic heterocycles. The molecule has 0 fully saturated rings. The highest BCUT2D eigenvalue weighted by molar-refractivity contribution is 5.69. The van der Waals surface area contributed by atoms with Crippen molar-refractivity contribution in [3.63, 3.8) is 0 Å². The summed E-state index contributed by atoms with van der Waals surface area (Å²) in [5.74, 6) is -0.117. The van der Waals surface area contributed by atoms with Crippen LogP contribution in [0.3, 0.4) is 0 Å². The van der Waals surface area contributed by atoms with Gasteiger partial charge in [-0.1, -0.05) is 47.0 Å². The van der Waals surface area contributed by atoms with Gasteiger partial charge < -0.3 is 14.8 Å². The first-order chi connectivity index (χ1) is 10.3. The summed E-state index contributed by atoms with van der Waals surface area (Å²) in [5, 5.41) is 2.71. The van der Waals surface area contributed by atoms with Gasteiger partial charge in [-0.25, -0.2) is 4.79 Å². The van der Waals surface area contributed by atoms with E-state index < -0.39 is 0 Å². The second kappa shape index (κ2) is 12.3. The van der Waals surface area contributed by atoms with E-state index in [0.29, 0.717) is 26.2 Å². The van der Waals surface area contributed by atoms with Crippen LogP contribution in [0, 0.1) is 5.41 Å². The smallest absolute Gasteiger partial charge is 0.407 e.